The van der Waals surface area contributed by atoms with E-state index in [1.54, 1.807) is 0 Å². The molecule has 1 unspecified atom stereocenters. The van der Waals surface area contributed by atoms with Gasteiger partial charge in [-0.3, -0.25) is 4.57 Å². The number of fused-ring (bicyclic) bond motifs is 3. The van der Waals surface area contributed by atoms with Crippen LogP contribution in [0.5, 0.6) is 11.5 Å². The van der Waals surface area contributed by atoms with E-state index in [4.69, 9.17) is 14.8 Å². The SMILES string of the molecule is C=C(C)c1cc(Oc2ccc3c4ccccc4n(-c4cc(CCCC)ccn4)c3c2)cc(-n2nc(C)c(C3C(C)=C[C@H](C)C[C@@H]3C)c2CCC(C)C)c1. The zero-order valence-electron chi connectivity index (χ0n) is 33.0. The van der Waals surface area contributed by atoms with Crippen LogP contribution in [0.2, 0.25) is 0 Å². The van der Waals surface area contributed by atoms with Crippen LogP contribution in [0.1, 0.15) is 108 Å². The lowest BCUT2D eigenvalue weighted by molar-refractivity contribution is 0.389. The predicted octanol–water partition coefficient (Wildman–Crippen LogP) is 13.1. The molecule has 0 fully saturated rings. The normalized spacial score (nSPS) is 17.5. The summed E-state index contributed by atoms with van der Waals surface area (Å²) in [6, 6.07) is 25.9. The highest BCUT2D eigenvalue weighted by molar-refractivity contribution is 6.09. The summed E-state index contributed by atoms with van der Waals surface area (Å²) in [5.41, 5.74) is 11.9. The maximum Gasteiger partial charge on any atom is 0.137 e. The van der Waals surface area contributed by atoms with Gasteiger partial charge in [-0.2, -0.15) is 5.10 Å². The molecule has 0 amide bonds. The molecule has 1 aliphatic rings. The van der Waals surface area contributed by atoms with E-state index in [2.05, 4.69) is 150 Å². The molecule has 5 nitrogen and oxygen atoms in total. The van der Waals surface area contributed by atoms with E-state index >= 15 is 0 Å². The van der Waals surface area contributed by atoms with Crippen molar-refractivity contribution >= 4 is 27.4 Å². The van der Waals surface area contributed by atoms with Crippen LogP contribution in [-0.4, -0.2) is 19.3 Å². The predicted molar refractivity (Wildman–Crippen MR) is 223 cm³/mol. The highest BCUT2D eigenvalue weighted by atomic mass is 16.5. The number of hydrogen-bond donors (Lipinski definition) is 0. The first-order valence-electron chi connectivity index (χ1n) is 19.8. The lowest BCUT2D eigenvalue weighted by Gasteiger charge is -2.33. The average Bonchev–Trinajstić information content (AvgIpc) is 3.63. The second kappa shape index (κ2) is 15.2. The molecular weight excluding hydrogens is 649 g/mol. The Balaban J connectivity index is 1.33. The topological polar surface area (TPSA) is 44.9 Å². The van der Waals surface area contributed by atoms with Crippen molar-refractivity contribution in [3.63, 3.8) is 0 Å². The van der Waals surface area contributed by atoms with E-state index in [0.29, 0.717) is 23.7 Å². The van der Waals surface area contributed by atoms with Gasteiger partial charge < -0.3 is 4.74 Å². The number of allylic oxidation sites excluding steroid dienone is 3. The van der Waals surface area contributed by atoms with E-state index in [-0.39, 0.29) is 0 Å². The maximum absolute atomic E-state index is 6.82. The fourth-order valence-corrected chi connectivity index (χ4v) is 8.70. The lowest BCUT2D eigenvalue weighted by atomic mass is 9.72. The van der Waals surface area contributed by atoms with Crippen molar-refractivity contribution in [1.82, 2.24) is 19.3 Å². The molecule has 0 bridgehead atoms. The maximum atomic E-state index is 6.82. The van der Waals surface area contributed by atoms with E-state index in [1.165, 1.54) is 46.0 Å². The van der Waals surface area contributed by atoms with E-state index in [9.17, 15) is 0 Å². The molecule has 3 aromatic carbocycles. The summed E-state index contributed by atoms with van der Waals surface area (Å²) in [5, 5.41) is 7.68. The number of nitrogens with zero attached hydrogens (tertiary/aromatic N) is 4. The molecule has 0 spiro atoms. The van der Waals surface area contributed by atoms with Crippen LogP contribution in [0.3, 0.4) is 0 Å². The highest BCUT2D eigenvalue weighted by Gasteiger charge is 2.32. The molecule has 1 aliphatic carbocycles. The van der Waals surface area contributed by atoms with Gasteiger partial charge in [0.1, 0.15) is 17.3 Å². The first kappa shape index (κ1) is 36.5. The van der Waals surface area contributed by atoms with Crippen LogP contribution >= 0.6 is 0 Å². The molecule has 3 atom stereocenters. The fourth-order valence-electron chi connectivity index (χ4n) is 8.70. The summed E-state index contributed by atoms with van der Waals surface area (Å²) < 4.78 is 11.3. The summed E-state index contributed by atoms with van der Waals surface area (Å²) in [7, 11) is 0. The number of hydrogen-bond acceptors (Lipinski definition) is 3. The van der Waals surface area contributed by atoms with E-state index in [1.807, 2.05) is 6.20 Å². The lowest BCUT2D eigenvalue weighted by Crippen LogP contribution is -2.21. The third-order valence-corrected chi connectivity index (χ3v) is 11.2. The number of unbranched alkanes of at least 4 members (excludes halogenated alkanes) is 1. The Morgan fingerprint density at radius 2 is 1.72 bits per heavy atom. The minimum atomic E-state index is 0.377. The standard InChI is InChI=1S/C48H56N4O/c1-10-11-14-36-21-22-49-46(25-36)51-43-16-13-12-15-41(43)42-19-18-39(29-45(42)51)53-40-27-37(31(4)5)26-38(28-40)52-44(20-17-30(2)3)48(35(9)50-52)47-33(7)23-32(6)24-34(47)8/h12-13,15-16,18-19,21-23,25-30,32,34,47H,4,10-11,14,17,20,24H2,1-3,5-9H3/t32-,34-,47?/m0/s1. The highest BCUT2D eigenvalue weighted by Crippen LogP contribution is 2.44. The summed E-state index contributed by atoms with van der Waals surface area (Å²) in [4.78, 5) is 4.87. The van der Waals surface area contributed by atoms with Crippen LogP contribution < -0.4 is 4.74 Å². The van der Waals surface area contributed by atoms with Gasteiger partial charge >= 0.3 is 0 Å². The molecular formula is C48H56N4O. The molecule has 0 N–H and O–H groups in total. The Morgan fingerprint density at radius 3 is 2.47 bits per heavy atom. The quantitative estimate of drug-likeness (QED) is 0.119. The van der Waals surface area contributed by atoms with Crippen molar-refractivity contribution < 1.29 is 4.74 Å². The number of aromatic nitrogens is 4. The Hall–Kier alpha value is -4.90. The Morgan fingerprint density at radius 1 is 0.925 bits per heavy atom. The largest absolute Gasteiger partial charge is 0.457 e. The van der Waals surface area contributed by atoms with Gasteiger partial charge in [0, 0.05) is 46.3 Å². The molecule has 0 saturated heterocycles. The Kier molecular flexibility index (Phi) is 10.5. The monoisotopic (exact) mass is 704 g/mol. The van der Waals surface area contributed by atoms with Gasteiger partial charge in [-0.25, -0.2) is 9.67 Å². The summed E-state index contributed by atoms with van der Waals surface area (Å²) in [5.74, 6) is 4.60. The smallest absolute Gasteiger partial charge is 0.137 e. The summed E-state index contributed by atoms with van der Waals surface area (Å²) in [6.45, 7) is 22.6. The fraction of sp³-hybridized carbons (Fsp3) is 0.375. The number of aryl methyl sites for hydroxylation is 2. The molecule has 274 valence electrons. The van der Waals surface area contributed by atoms with Gasteiger partial charge in [-0.05, 0) is 124 Å². The van der Waals surface area contributed by atoms with Gasteiger partial charge in [0.05, 0.1) is 22.4 Å². The van der Waals surface area contributed by atoms with Crippen molar-refractivity contribution in [1.29, 1.82) is 0 Å². The van der Waals surface area contributed by atoms with E-state index in [0.717, 1.165) is 76.6 Å². The van der Waals surface area contributed by atoms with Crippen LogP contribution in [0.15, 0.2) is 97.2 Å². The zero-order chi connectivity index (χ0) is 37.4. The van der Waals surface area contributed by atoms with Crippen molar-refractivity contribution in [2.75, 3.05) is 0 Å². The summed E-state index contributed by atoms with van der Waals surface area (Å²) in [6.07, 6.45) is 11.1. The molecule has 53 heavy (non-hydrogen) atoms. The van der Waals surface area contributed by atoms with Gasteiger partial charge in [-0.1, -0.05) is 83.0 Å². The van der Waals surface area contributed by atoms with E-state index < -0.39 is 0 Å². The van der Waals surface area contributed by atoms with Crippen LogP contribution in [0.25, 0.3) is 38.9 Å². The number of pyridine rings is 1. The second-order valence-electron chi connectivity index (χ2n) is 16.1. The molecule has 0 aliphatic heterocycles. The van der Waals surface area contributed by atoms with Gasteiger partial charge in [-0.15, -0.1) is 0 Å². The molecule has 0 saturated carbocycles. The molecule has 6 aromatic rings. The molecule has 3 heterocycles. The van der Waals surface area contributed by atoms with Gasteiger partial charge in [0.25, 0.3) is 0 Å². The van der Waals surface area contributed by atoms with Crippen molar-refractivity contribution in [3.05, 3.63) is 125 Å². The third kappa shape index (κ3) is 7.36. The average molecular weight is 705 g/mol. The minimum absolute atomic E-state index is 0.377. The molecule has 3 aromatic heterocycles. The van der Waals surface area contributed by atoms with Crippen molar-refractivity contribution in [2.24, 2.45) is 17.8 Å². The summed E-state index contributed by atoms with van der Waals surface area (Å²) >= 11 is 0. The number of rotatable bonds is 12. The first-order chi connectivity index (χ1) is 25.5. The number of ether oxygens (including phenoxy) is 1. The van der Waals surface area contributed by atoms with Gasteiger partial charge in [0.15, 0.2) is 0 Å². The number of para-hydroxylation sites is 1. The van der Waals surface area contributed by atoms with Crippen molar-refractivity contribution in [3.8, 4) is 23.0 Å². The number of benzene rings is 3. The molecule has 0 radical (unpaired) electrons. The minimum Gasteiger partial charge on any atom is -0.457 e. The van der Waals surface area contributed by atoms with Crippen LogP contribution in [0.4, 0.5) is 0 Å². The third-order valence-electron chi connectivity index (χ3n) is 11.2. The van der Waals surface area contributed by atoms with Gasteiger partial charge in [0.2, 0.25) is 0 Å². The first-order valence-corrected chi connectivity index (χ1v) is 19.8. The second-order valence-corrected chi connectivity index (χ2v) is 16.1. The zero-order valence-corrected chi connectivity index (χ0v) is 33.0. The molecule has 7 rings (SSSR count). The Bertz CT molecular complexity index is 2320. The van der Waals surface area contributed by atoms with Crippen molar-refractivity contribution in [2.45, 2.75) is 99.8 Å². The van der Waals surface area contributed by atoms with Crippen LogP contribution in [-0.2, 0) is 12.8 Å². The Labute approximate surface area is 316 Å². The molecule has 5 heteroatoms. The van der Waals surface area contributed by atoms with Crippen LogP contribution in [0, 0.1) is 24.7 Å².